The van der Waals surface area contributed by atoms with Crippen LogP contribution in [0, 0.1) is 13.8 Å². The van der Waals surface area contributed by atoms with E-state index < -0.39 is 0 Å². The van der Waals surface area contributed by atoms with E-state index in [1.807, 2.05) is 0 Å². The molecule has 0 heteroatoms. The van der Waals surface area contributed by atoms with Gasteiger partial charge in [0.25, 0.3) is 0 Å². The van der Waals surface area contributed by atoms with Gasteiger partial charge < -0.3 is 0 Å². The van der Waals surface area contributed by atoms with Crippen LogP contribution < -0.4 is 0 Å². The maximum atomic E-state index is 2.34. The molecule has 286 valence electrons. The predicted octanol–water partition coefficient (Wildman–Crippen LogP) is 16.1. The minimum Gasteiger partial charge on any atom is -0.0622 e. The van der Waals surface area contributed by atoms with Crippen molar-refractivity contribution in [2.24, 2.45) is 0 Å². The lowest BCUT2D eigenvalue weighted by atomic mass is 9.91. The minimum atomic E-state index is 1.16. The molecule has 0 bridgehead atoms. The van der Waals surface area contributed by atoms with Crippen LogP contribution in [0.2, 0.25) is 0 Å². The van der Waals surface area contributed by atoms with Gasteiger partial charge in [0.05, 0.1) is 0 Å². The molecule has 0 spiro atoms. The van der Waals surface area contributed by atoms with Gasteiger partial charge in [0.2, 0.25) is 0 Å². The quantitative estimate of drug-likeness (QED) is 0.0961. The van der Waals surface area contributed by atoms with Crippen LogP contribution in [0.15, 0.2) is 206 Å². The fraction of sp³-hybridized carbons (Fsp3) is 0.0333. The molecule has 0 aliphatic rings. The standard InChI is InChI=1S/C60H46/c1-43-19-9-17-31-57(43)59(47-23-5-3-6-24-47)41-51-29-13-11-21-45(51)33-35-53-39-55-37-49-27-15-16-28-50(49)38-56(55)40-54(53)36-34-46-22-12-14-30-52(46)42-60(48-25-7-4-8-26-48)58-32-18-10-20-44(58)2/h3-42H,1-2H3. The summed E-state index contributed by atoms with van der Waals surface area (Å²) in [5.74, 6) is 0. The van der Waals surface area contributed by atoms with Gasteiger partial charge in [0, 0.05) is 0 Å². The van der Waals surface area contributed by atoms with E-state index in [1.165, 1.54) is 77.2 Å². The van der Waals surface area contributed by atoms with Gasteiger partial charge in [0.15, 0.2) is 0 Å². The van der Waals surface area contributed by atoms with Crippen LogP contribution in [0.3, 0.4) is 0 Å². The lowest BCUT2D eigenvalue weighted by Gasteiger charge is -2.13. The van der Waals surface area contributed by atoms with Crippen LogP contribution >= 0.6 is 0 Å². The molecule has 0 heterocycles. The first-order chi connectivity index (χ1) is 29.6. The normalized spacial score (nSPS) is 12.2. The van der Waals surface area contributed by atoms with Crippen LogP contribution in [-0.4, -0.2) is 0 Å². The molecule has 9 aromatic rings. The largest absolute Gasteiger partial charge is 0.0622 e. The molecule has 0 unspecified atom stereocenters. The zero-order chi connectivity index (χ0) is 40.7. The summed E-state index contributed by atoms with van der Waals surface area (Å²) in [6.07, 6.45) is 13.8. The van der Waals surface area contributed by atoms with Gasteiger partial charge in [-0.15, -0.1) is 0 Å². The smallest absolute Gasteiger partial charge is 0.0103 e. The number of hydrogen-bond donors (Lipinski definition) is 0. The van der Waals surface area contributed by atoms with E-state index >= 15 is 0 Å². The lowest BCUT2D eigenvalue weighted by molar-refractivity contribution is 1.42. The Labute approximate surface area is 354 Å². The Balaban J connectivity index is 1.16. The molecule has 0 saturated carbocycles. The first kappa shape index (κ1) is 38.0. The van der Waals surface area contributed by atoms with Crippen molar-refractivity contribution in [3.05, 3.63) is 273 Å². The molecule has 0 aliphatic carbocycles. The molecule has 0 radical (unpaired) electrons. The zero-order valence-corrected chi connectivity index (χ0v) is 34.1. The van der Waals surface area contributed by atoms with Crippen molar-refractivity contribution in [2.45, 2.75) is 13.8 Å². The maximum absolute atomic E-state index is 2.34. The Kier molecular flexibility index (Phi) is 11.1. The molecule has 0 N–H and O–H groups in total. The summed E-state index contributed by atoms with van der Waals surface area (Å²) in [4.78, 5) is 0. The molecule has 9 rings (SSSR count). The fourth-order valence-corrected chi connectivity index (χ4v) is 8.19. The van der Waals surface area contributed by atoms with E-state index in [1.54, 1.807) is 0 Å². The van der Waals surface area contributed by atoms with Crippen LogP contribution in [0.4, 0.5) is 0 Å². The summed E-state index contributed by atoms with van der Waals surface area (Å²) in [6.45, 7) is 4.38. The highest BCUT2D eigenvalue weighted by atomic mass is 14.2. The fourth-order valence-electron chi connectivity index (χ4n) is 8.19. The summed E-state index contributed by atoms with van der Waals surface area (Å²) in [6, 6.07) is 74.1. The summed E-state index contributed by atoms with van der Waals surface area (Å²) >= 11 is 0. The Bertz CT molecular complexity index is 2870. The molecular weight excluding hydrogens is 721 g/mol. The molecule has 0 saturated heterocycles. The van der Waals surface area contributed by atoms with Crippen LogP contribution in [0.25, 0.3) is 69.1 Å². The highest BCUT2D eigenvalue weighted by Gasteiger charge is 2.12. The monoisotopic (exact) mass is 766 g/mol. The van der Waals surface area contributed by atoms with Gasteiger partial charge in [-0.2, -0.15) is 0 Å². The Morgan fingerprint density at radius 1 is 0.283 bits per heavy atom. The topological polar surface area (TPSA) is 0 Å². The van der Waals surface area contributed by atoms with Gasteiger partial charge in [-0.1, -0.05) is 206 Å². The molecule has 0 amide bonds. The number of benzene rings is 9. The first-order valence-electron chi connectivity index (χ1n) is 20.7. The second kappa shape index (κ2) is 17.5. The molecule has 0 atom stereocenters. The third-order valence-electron chi connectivity index (χ3n) is 11.4. The van der Waals surface area contributed by atoms with Crippen molar-refractivity contribution in [1.29, 1.82) is 0 Å². The minimum absolute atomic E-state index is 1.16. The molecular formula is C60H46. The van der Waals surface area contributed by atoms with E-state index in [4.69, 9.17) is 0 Å². The van der Waals surface area contributed by atoms with Crippen molar-refractivity contribution in [3.8, 4) is 0 Å². The van der Waals surface area contributed by atoms with E-state index in [0.717, 1.165) is 22.3 Å². The average Bonchev–Trinajstić information content (AvgIpc) is 3.29. The van der Waals surface area contributed by atoms with Gasteiger partial charge in [-0.3, -0.25) is 0 Å². The van der Waals surface area contributed by atoms with Crippen molar-refractivity contribution in [3.63, 3.8) is 0 Å². The average molecular weight is 767 g/mol. The Morgan fingerprint density at radius 2 is 0.617 bits per heavy atom. The van der Waals surface area contributed by atoms with Gasteiger partial charge in [-0.05, 0) is 150 Å². The summed E-state index contributed by atoms with van der Waals surface area (Å²) < 4.78 is 0. The number of rotatable bonds is 10. The van der Waals surface area contributed by atoms with Crippen molar-refractivity contribution in [1.82, 2.24) is 0 Å². The predicted molar refractivity (Wildman–Crippen MR) is 261 cm³/mol. The van der Waals surface area contributed by atoms with E-state index in [-0.39, 0.29) is 0 Å². The van der Waals surface area contributed by atoms with Crippen LogP contribution in [-0.2, 0) is 0 Å². The number of aryl methyl sites for hydroxylation is 2. The molecule has 0 nitrogen and oxygen atoms in total. The van der Waals surface area contributed by atoms with Crippen LogP contribution in [0.1, 0.15) is 66.8 Å². The van der Waals surface area contributed by atoms with Crippen molar-refractivity contribution in [2.75, 3.05) is 0 Å². The van der Waals surface area contributed by atoms with Gasteiger partial charge >= 0.3 is 0 Å². The molecule has 0 fully saturated rings. The third-order valence-corrected chi connectivity index (χ3v) is 11.4. The molecule has 60 heavy (non-hydrogen) atoms. The van der Waals surface area contributed by atoms with Gasteiger partial charge in [0.1, 0.15) is 0 Å². The second-order valence-electron chi connectivity index (χ2n) is 15.4. The highest BCUT2D eigenvalue weighted by Crippen LogP contribution is 2.33. The second-order valence-corrected chi connectivity index (χ2v) is 15.4. The van der Waals surface area contributed by atoms with E-state index in [9.17, 15) is 0 Å². The van der Waals surface area contributed by atoms with Crippen LogP contribution in [0.5, 0.6) is 0 Å². The SMILES string of the molecule is Cc1ccccc1C(=Cc1ccccc1C=Cc1cc2cc3ccccc3cc2cc1C=Cc1ccccc1C=C(c1ccccc1)c1ccccc1C)c1ccccc1. The number of hydrogen-bond acceptors (Lipinski definition) is 0. The highest BCUT2D eigenvalue weighted by molar-refractivity contribution is 6.02. The third kappa shape index (κ3) is 8.37. The van der Waals surface area contributed by atoms with Gasteiger partial charge in [-0.25, -0.2) is 0 Å². The molecule has 0 aromatic heterocycles. The van der Waals surface area contributed by atoms with E-state index in [0.29, 0.717) is 0 Å². The summed E-state index contributed by atoms with van der Waals surface area (Å²) in [7, 11) is 0. The van der Waals surface area contributed by atoms with Crippen molar-refractivity contribution < 1.29 is 0 Å². The maximum Gasteiger partial charge on any atom is -0.0103 e. The Hall–Kier alpha value is -7.54. The lowest BCUT2D eigenvalue weighted by Crippen LogP contribution is -1.92. The number of fused-ring (bicyclic) bond motifs is 2. The Morgan fingerprint density at radius 3 is 1.03 bits per heavy atom. The first-order valence-corrected chi connectivity index (χ1v) is 20.7. The zero-order valence-electron chi connectivity index (χ0n) is 34.1. The summed E-state index contributed by atoms with van der Waals surface area (Å²) in [5.41, 5.74) is 16.8. The molecule has 9 aromatic carbocycles. The van der Waals surface area contributed by atoms with Crippen molar-refractivity contribution >= 4 is 69.1 Å². The van der Waals surface area contributed by atoms with E-state index in [2.05, 4.69) is 257 Å². The summed E-state index contributed by atoms with van der Waals surface area (Å²) in [5, 5.41) is 4.93. The molecule has 0 aliphatic heterocycles.